The van der Waals surface area contributed by atoms with Gasteiger partial charge in [-0.15, -0.1) is 0 Å². The van der Waals surface area contributed by atoms with Gasteiger partial charge in [0.2, 0.25) is 17.7 Å². The number of benzene rings is 2. The smallest absolute Gasteiger partial charge is 0.245 e. The first-order chi connectivity index (χ1) is 18.3. The molecule has 1 aliphatic heterocycles. The monoisotopic (exact) mass is 522 g/mol. The van der Waals surface area contributed by atoms with Gasteiger partial charge in [-0.3, -0.25) is 19.8 Å². The van der Waals surface area contributed by atoms with E-state index in [1.54, 1.807) is 0 Å². The molecule has 1 heterocycles. The summed E-state index contributed by atoms with van der Waals surface area (Å²) in [6.07, 6.45) is 4.13. The van der Waals surface area contributed by atoms with E-state index in [1.165, 1.54) is 0 Å². The number of rotatable bonds is 12. The topological polar surface area (TPSA) is 114 Å². The molecule has 1 fully saturated rings. The number of hydrogen-bond acceptors (Lipinski definition) is 5. The van der Waals surface area contributed by atoms with Crippen molar-refractivity contribution in [2.75, 3.05) is 6.54 Å². The Kier molecular flexibility index (Phi) is 11.1. The summed E-state index contributed by atoms with van der Waals surface area (Å²) in [5.41, 5.74) is 3.19. The maximum atomic E-state index is 13.6. The lowest BCUT2D eigenvalue weighted by molar-refractivity contribution is -0.140. The molecule has 0 aromatic heterocycles. The number of carbonyl (C=O) groups is 3. The second-order valence-corrected chi connectivity index (χ2v) is 10.5. The molecule has 3 amide bonds. The van der Waals surface area contributed by atoms with Crippen molar-refractivity contribution >= 4 is 17.7 Å². The van der Waals surface area contributed by atoms with Crippen molar-refractivity contribution < 1.29 is 19.1 Å². The Labute approximate surface area is 226 Å². The van der Waals surface area contributed by atoms with Crippen LogP contribution in [0.25, 0.3) is 0 Å². The van der Waals surface area contributed by atoms with Crippen LogP contribution in [0.3, 0.4) is 0 Å². The van der Waals surface area contributed by atoms with E-state index in [0.29, 0.717) is 38.1 Å². The molecule has 0 saturated carbocycles. The van der Waals surface area contributed by atoms with E-state index in [4.69, 9.17) is 10.6 Å². The van der Waals surface area contributed by atoms with E-state index < -0.39 is 17.9 Å². The molecule has 0 radical (unpaired) electrons. The predicted octanol–water partition coefficient (Wildman–Crippen LogP) is 4.54. The maximum Gasteiger partial charge on any atom is 0.245 e. The zero-order valence-corrected chi connectivity index (χ0v) is 22.8. The van der Waals surface area contributed by atoms with Crippen LogP contribution >= 0.6 is 0 Å². The highest BCUT2D eigenvalue weighted by atomic mass is 16.5. The van der Waals surface area contributed by atoms with Crippen LogP contribution in [0.15, 0.2) is 54.6 Å². The van der Waals surface area contributed by atoms with Gasteiger partial charge in [0, 0.05) is 19.0 Å². The first-order valence-corrected chi connectivity index (χ1v) is 13.7. The molecule has 1 saturated heterocycles. The van der Waals surface area contributed by atoms with Crippen LogP contribution in [0.1, 0.15) is 64.9 Å². The minimum absolute atomic E-state index is 0.0937. The summed E-state index contributed by atoms with van der Waals surface area (Å²) in [6, 6.07) is 16.7. The van der Waals surface area contributed by atoms with Gasteiger partial charge in [0.25, 0.3) is 0 Å². The van der Waals surface area contributed by atoms with Gasteiger partial charge in [0.05, 0.1) is 5.92 Å². The molecule has 3 rings (SSSR count). The number of nitrogens with two attached hydrogens (primary N) is 1. The number of nitrogens with zero attached hydrogens (tertiary/aromatic N) is 1. The fraction of sp³-hybridized carbons (Fsp3) is 0.500. The molecule has 38 heavy (non-hydrogen) atoms. The second-order valence-electron chi connectivity index (χ2n) is 10.5. The van der Waals surface area contributed by atoms with Crippen molar-refractivity contribution in [3.63, 3.8) is 0 Å². The van der Waals surface area contributed by atoms with E-state index in [1.807, 2.05) is 80.3 Å². The van der Waals surface area contributed by atoms with Gasteiger partial charge in [-0.2, -0.15) is 0 Å². The van der Waals surface area contributed by atoms with Crippen LogP contribution in [0.2, 0.25) is 0 Å². The molecule has 2 aromatic carbocycles. The normalized spacial score (nSPS) is 17.4. The lowest BCUT2D eigenvalue weighted by atomic mass is 9.81. The van der Waals surface area contributed by atoms with E-state index in [2.05, 4.69) is 10.7 Å². The quantitative estimate of drug-likeness (QED) is 0.215. The highest BCUT2D eigenvalue weighted by Crippen LogP contribution is 2.27. The summed E-state index contributed by atoms with van der Waals surface area (Å²) in [5, 5.41) is 3.02. The van der Waals surface area contributed by atoms with Crippen LogP contribution < -0.4 is 21.3 Å². The fourth-order valence-electron chi connectivity index (χ4n) is 5.12. The van der Waals surface area contributed by atoms with Gasteiger partial charge in [-0.25, -0.2) is 5.84 Å². The molecule has 206 valence electrons. The molecule has 3 atom stereocenters. The summed E-state index contributed by atoms with van der Waals surface area (Å²) in [7, 11) is 0. The van der Waals surface area contributed by atoms with Gasteiger partial charge in [-0.05, 0) is 67.9 Å². The van der Waals surface area contributed by atoms with Crippen LogP contribution in [0, 0.1) is 17.8 Å². The van der Waals surface area contributed by atoms with Crippen molar-refractivity contribution in [2.45, 2.75) is 71.9 Å². The van der Waals surface area contributed by atoms with E-state index in [0.717, 1.165) is 30.6 Å². The summed E-state index contributed by atoms with van der Waals surface area (Å²) < 4.78 is 5.96. The first-order valence-electron chi connectivity index (χ1n) is 13.7. The highest BCUT2D eigenvalue weighted by molar-refractivity contribution is 5.91. The van der Waals surface area contributed by atoms with Crippen LogP contribution in [0.5, 0.6) is 11.5 Å². The Morgan fingerprint density at radius 1 is 1.03 bits per heavy atom. The Morgan fingerprint density at radius 2 is 1.76 bits per heavy atom. The number of likely N-dealkylation sites (tertiary alicyclic amines) is 1. The van der Waals surface area contributed by atoms with Crippen LogP contribution in [-0.2, 0) is 20.9 Å². The average molecular weight is 523 g/mol. The minimum atomic E-state index is -0.619. The lowest BCUT2D eigenvalue weighted by Crippen LogP contribution is -2.51. The lowest BCUT2D eigenvalue weighted by Gasteiger charge is -2.29. The van der Waals surface area contributed by atoms with Gasteiger partial charge in [0.15, 0.2) is 0 Å². The largest absolute Gasteiger partial charge is 0.457 e. The van der Waals surface area contributed by atoms with E-state index in [-0.39, 0.29) is 23.6 Å². The number of hydrogen-bond donors (Lipinski definition) is 3. The van der Waals surface area contributed by atoms with Gasteiger partial charge >= 0.3 is 0 Å². The molecular weight excluding hydrogens is 480 g/mol. The number of ether oxygens (including phenoxy) is 1. The van der Waals surface area contributed by atoms with E-state index in [9.17, 15) is 14.4 Å². The molecule has 0 bridgehead atoms. The summed E-state index contributed by atoms with van der Waals surface area (Å²) in [6.45, 7) is 7.09. The zero-order chi connectivity index (χ0) is 27.5. The number of hydrazine groups is 1. The fourth-order valence-corrected chi connectivity index (χ4v) is 5.12. The van der Waals surface area contributed by atoms with Gasteiger partial charge in [0.1, 0.15) is 17.5 Å². The molecule has 8 nitrogen and oxygen atoms in total. The number of para-hydroxylation sites is 1. The molecule has 4 N–H and O–H groups in total. The molecule has 1 aliphatic rings. The SMILES string of the molecule is CCC[C@H](C(=O)NN)C(CC(C)C)C(=O)N[C@H]1CCCCN(Cc2cccc(Oc3ccccc3)c2)C1=O. The average Bonchev–Trinajstić information content (AvgIpc) is 3.07. The number of amides is 3. The second kappa shape index (κ2) is 14.5. The zero-order valence-electron chi connectivity index (χ0n) is 22.8. The maximum absolute atomic E-state index is 13.6. The molecule has 0 spiro atoms. The Balaban J connectivity index is 1.72. The third-order valence-corrected chi connectivity index (χ3v) is 6.97. The Hall–Kier alpha value is -3.39. The predicted molar refractivity (Wildman–Crippen MR) is 148 cm³/mol. The third-order valence-electron chi connectivity index (χ3n) is 6.97. The number of nitrogens with one attached hydrogen (secondary N) is 2. The van der Waals surface area contributed by atoms with Crippen molar-refractivity contribution in [1.29, 1.82) is 0 Å². The van der Waals surface area contributed by atoms with Crippen molar-refractivity contribution in [3.8, 4) is 11.5 Å². The summed E-state index contributed by atoms with van der Waals surface area (Å²) in [5.74, 6) is 5.35. The molecule has 1 unspecified atom stereocenters. The first kappa shape index (κ1) is 29.2. The number of carbonyl (C=O) groups excluding carboxylic acids is 3. The van der Waals surface area contributed by atoms with Crippen molar-refractivity contribution in [1.82, 2.24) is 15.6 Å². The standard InChI is InChI=1S/C30H42N4O4/c1-4-11-25(29(36)33-31)26(18-21(2)3)28(35)32-27-16-8-9-17-34(30(27)37)20-22-12-10-15-24(19-22)38-23-13-6-5-7-14-23/h5-7,10,12-15,19,21,25-27H,4,8-9,11,16-18,20,31H2,1-3H3,(H,32,35)(H,33,36)/t25-,26?,27-/m0/s1. The molecule has 8 heteroatoms. The minimum Gasteiger partial charge on any atom is -0.457 e. The van der Waals surface area contributed by atoms with E-state index >= 15 is 0 Å². The van der Waals surface area contributed by atoms with Gasteiger partial charge < -0.3 is 15.0 Å². The van der Waals surface area contributed by atoms with Crippen LogP contribution in [0.4, 0.5) is 0 Å². The van der Waals surface area contributed by atoms with Gasteiger partial charge in [-0.1, -0.05) is 57.5 Å². The Morgan fingerprint density at radius 3 is 2.45 bits per heavy atom. The molecule has 2 aromatic rings. The third kappa shape index (κ3) is 8.31. The van der Waals surface area contributed by atoms with Crippen LogP contribution in [-0.4, -0.2) is 35.2 Å². The van der Waals surface area contributed by atoms with Crippen molar-refractivity contribution in [3.05, 3.63) is 60.2 Å². The summed E-state index contributed by atoms with van der Waals surface area (Å²) in [4.78, 5) is 41.4. The molecular formula is C30H42N4O4. The highest BCUT2D eigenvalue weighted by Gasteiger charge is 2.36. The summed E-state index contributed by atoms with van der Waals surface area (Å²) >= 11 is 0. The Bertz CT molecular complexity index is 1060. The molecule has 0 aliphatic carbocycles. The van der Waals surface area contributed by atoms with Crippen molar-refractivity contribution in [2.24, 2.45) is 23.6 Å².